The third-order valence-electron chi connectivity index (χ3n) is 8.71. The van der Waals surface area contributed by atoms with Crippen molar-refractivity contribution in [3.8, 4) is 17.0 Å². The van der Waals surface area contributed by atoms with Gasteiger partial charge in [-0.2, -0.15) is 0 Å². The van der Waals surface area contributed by atoms with E-state index in [1.165, 1.54) is 30.5 Å². The number of nitrogens with zero attached hydrogens (tertiary/aromatic N) is 3. The Morgan fingerprint density at radius 3 is 2.67 bits per heavy atom. The van der Waals surface area contributed by atoms with E-state index in [2.05, 4.69) is 45.1 Å². The molecule has 0 bridgehead atoms. The summed E-state index contributed by atoms with van der Waals surface area (Å²) in [5, 5.41) is 19.4. The van der Waals surface area contributed by atoms with Gasteiger partial charge in [-0.25, -0.2) is 4.79 Å². The summed E-state index contributed by atoms with van der Waals surface area (Å²) in [4.78, 5) is 11.4. The van der Waals surface area contributed by atoms with Gasteiger partial charge >= 0.3 is 6.16 Å². The summed E-state index contributed by atoms with van der Waals surface area (Å²) in [6.45, 7) is 2.10. The number of carboxylic acid groups (broad SMARTS) is 1. The summed E-state index contributed by atoms with van der Waals surface area (Å²) in [5.74, 6) is 2.45. The normalized spacial score (nSPS) is 18.1. The molecule has 4 aromatic rings. The molecule has 1 aliphatic carbocycles. The standard InChI is InChI=1S/C32H33N3O5/c36-32(37)39-24-10-11-26-27(18-24)35-19-23(31-34-33-28(40-31)16-20-12-14-38-15-13-20)17-22-8-4-5-9-25(22)30(35)29(26)21-6-2-1-3-7-21/h4-5,8-11,17-18,20-21H,1-3,6-7,12-16,19H2,(H,36,37). The maximum atomic E-state index is 11.4. The largest absolute Gasteiger partial charge is 0.511 e. The molecule has 1 saturated carbocycles. The van der Waals surface area contributed by atoms with Gasteiger partial charge in [0.1, 0.15) is 5.75 Å². The highest BCUT2D eigenvalue weighted by molar-refractivity contribution is 5.98. The maximum absolute atomic E-state index is 11.4. The van der Waals surface area contributed by atoms with Crippen LogP contribution < -0.4 is 4.74 Å². The lowest BCUT2D eigenvalue weighted by Crippen LogP contribution is -2.17. The molecule has 4 heterocycles. The van der Waals surface area contributed by atoms with E-state index in [-0.39, 0.29) is 0 Å². The zero-order valence-electron chi connectivity index (χ0n) is 22.5. The molecule has 0 atom stereocenters. The molecule has 0 amide bonds. The molecule has 40 heavy (non-hydrogen) atoms. The fourth-order valence-corrected chi connectivity index (χ4v) is 6.81. The molecule has 2 aromatic heterocycles. The molecule has 8 heteroatoms. The van der Waals surface area contributed by atoms with Gasteiger partial charge in [-0.3, -0.25) is 0 Å². The van der Waals surface area contributed by atoms with Crippen molar-refractivity contribution in [2.24, 2.45) is 5.92 Å². The number of rotatable bonds is 5. The summed E-state index contributed by atoms with van der Waals surface area (Å²) in [5.41, 5.74) is 6.72. The minimum atomic E-state index is -1.32. The second-order valence-electron chi connectivity index (χ2n) is 11.2. The highest BCUT2D eigenvalue weighted by atomic mass is 16.7. The number of hydrogen-bond acceptors (Lipinski definition) is 6. The van der Waals surface area contributed by atoms with E-state index in [9.17, 15) is 9.90 Å². The van der Waals surface area contributed by atoms with E-state index in [0.29, 0.717) is 35.9 Å². The molecule has 7 rings (SSSR count). The third kappa shape index (κ3) is 4.70. The smallest absolute Gasteiger partial charge is 0.449 e. The Morgan fingerprint density at radius 2 is 1.85 bits per heavy atom. The van der Waals surface area contributed by atoms with Crippen molar-refractivity contribution >= 4 is 28.7 Å². The van der Waals surface area contributed by atoms with Crippen molar-refractivity contribution < 1.29 is 23.8 Å². The molecule has 3 aliphatic rings. The van der Waals surface area contributed by atoms with Crippen LogP contribution in [0.3, 0.4) is 0 Å². The van der Waals surface area contributed by atoms with Crippen molar-refractivity contribution in [2.45, 2.75) is 63.8 Å². The monoisotopic (exact) mass is 539 g/mol. The van der Waals surface area contributed by atoms with Crippen molar-refractivity contribution in [2.75, 3.05) is 13.2 Å². The average Bonchev–Trinajstić information content (AvgIpc) is 3.51. The van der Waals surface area contributed by atoms with Crippen LogP contribution in [0.2, 0.25) is 0 Å². The Kier molecular flexibility index (Phi) is 6.63. The molecule has 2 aliphatic heterocycles. The Labute approximate surface area is 232 Å². The van der Waals surface area contributed by atoms with Gasteiger partial charge in [-0.1, -0.05) is 43.5 Å². The van der Waals surface area contributed by atoms with E-state index in [1.54, 1.807) is 6.07 Å². The fraction of sp³-hybridized carbons (Fsp3) is 0.406. The van der Waals surface area contributed by atoms with E-state index >= 15 is 0 Å². The molecule has 0 unspecified atom stereocenters. The first-order chi connectivity index (χ1) is 19.6. The van der Waals surface area contributed by atoms with Gasteiger partial charge in [0.25, 0.3) is 0 Å². The SMILES string of the molecule is O=C(O)Oc1ccc2c(C3CCCCC3)c3n(c2c1)CC(c1nnc(CC2CCOCC2)o1)=Cc1ccccc1-3. The van der Waals surface area contributed by atoms with Crippen LogP contribution in [0.5, 0.6) is 5.75 Å². The van der Waals surface area contributed by atoms with E-state index in [1.807, 2.05) is 12.1 Å². The minimum Gasteiger partial charge on any atom is -0.449 e. The van der Waals surface area contributed by atoms with Gasteiger partial charge in [-0.15, -0.1) is 10.2 Å². The van der Waals surface area contributed by atoms with Crippen molar-refractivity contribution in [3.63, 3.8) is 0 Å². The predicted molar refractivity (Wildman–Crippen MR) is 151 cm³/mol. The maximum Gasteiger partial charge on any atom is 0.511 e. The van der Waals surface area contributed by atoms with Gasteiger partial charge in [0, 0.05) is 42.2 Å². The number of hydrogen-bond donors (Lipinski definition) is 1. The topological polar surface area (TPSA) is 99.6 Å². The van der Waals surface area contributed by atoms with Crippen LogP contribution in [0.1, 0.15) is 73.8 Å². The second-order valence-corrected chi connectivity index (χ2v) is 11.2. The first-order valence-electron chi connectivity index (χ1n) is 14.4. The highest BCUT2D eigenvalue weighted by Crippen LogP contribution is 2.47. The second kappa shape index (κ2) is 10.6. The summed E-state index contributed by atoms with van der Waals surface area (Å²) in [7, 11) is 0. The van der Waals surface area contributed by atoms with Crippen LogP contribution in [-0.4, -0.2) is 39.2 Å². The molecular formula is C32H33N3O5. The first-order valence-corrected chi connectivity index (χ1v) is 14.4. The molecule has 2 fully saturated rings. The van der Waals surface area contributed by atoms with Gasteiger partial charge in [0.05, 0.1) is 17.8 Å². The summed E-state index contributed by atoms with van der Waals surface area (Å²) < 4.78 is 19.2. The lowest BCUT2D eigenvalue weighted by Gasteiger charge is -2.24. The van der Waals surface area contributed by atoms with E-state index in [0.717, 1.165) is 72.9 Å². The van der Waals surface area contributed by atoms with Crippen molar-refractivity contribution in [3.05, 3.63) is 65.4 Å². The Morgan fingerprint density at radius 1 is 1.02 bits per heavy atom. The predicted octanol–water partition coefficient (Wildman–Crippen LogP) is 7.32. The number of benzene rings is 2. The lowest BCUT2D eigenvalue weighted by molar-refractivity contribution is 0.0646. The first kappa shape index (κ1) is 25.1. The van der Waals surface area contributed by atoms with Gasteiger partial charge < -0.3 is 23.6 Å². The number of ether oxygens (including phenoxy) is 2. The lowest BCUT2D eigenvalue weighted by atomic mass is 9.81. The van der Waals surface area contributed by atoms with Gasteiger partial charge in [0.2, 0.25) is 11.8 Å². The van der Waals surface area contributed by atoms with Crippen molar-refractivity contribution in [1.29, 1.82) is 0 Å². The summed E-state index contributed by atoms with van der Waals surface area (Å²) in [6.07, 6.45) is 9.67. The summed E-state index contributed by atoms with van der Waals surface area (Å²) >= 11 is 0. The summed E-state index contributed by atoms with van der Waals surface area (Å²) in [6, 6.07) is 14.1. The minimum absolute atomic E-state index is 0.315. The number of carbonyl (C=O) groups is 1. The quantitative estimate of drug-likeness (QED) is 0.209. The Hall–Kier alpha value is -3.91. The fourth-order valence-electron chi connectivity index (χ4n) is 6.81. The Bertz CT molecular complexity index is 1590. The molecule has 0 radical (unpaired) electrons. The van der Waals surface area contributed by atoms with Gasteiger partial charge in [-0.05, 0) is 66.9 Å². The number of allylic oxidation sites excluding steroid dienone is 1. The van der Waals surface area contributed by atoms with E-state index in [4.69, 9.17) is 13.9 Å². The van der Waals surface area contributed by atoms with Crippen molar-refractivity contribution in [1.82, 2.24) is 14.8 Å². The molecule has 206 valence electrons. The van der Waals surface area contributed by atoms with Crippen LogP contribution in [0.15, 0.2) is 46.9 Å². The zero-order chi connectivity index (χ0) is 27.1. The molecule has 2 aromatic carbocycles. The van der Waals surface area contributed by atoms with Crippen LogP contribution in [-0.2, 0) is 17.7 Å². The third-order valence-corrected chi connectivity index (χ3v) is 8.71. The molecule has 0 spiro atoms. The highest BCUT2D eigenvalue weighted by Gasteiger charge is 2.30. The molecule has 8 nitrogen and oxygen atoms in total. The van der Waals surface area contributed by atoms with Crippen LogP contribution >= 0.6 is 0 Å². The zero-order valence-corrected chi connectivity index (χ0v) is 22.5. The van der Waals surface area contributed by atoms with Crippen LogP contribution in [0.4, 0.5) is 4.79 Å². The number of aromatic nitrogens is 3. The molecule has 1 saturated heterocycles. The molecule has 1 N–H and O–H groups in total. The van der Waals surface area contributed by atoms with Crippen LogP contribution in [0.25, 0.3) is 33.8 Å². The molecular weight excluding hydrogens is 506 g/mol. The number of fused-ring (bicyclic) bond motifs is 5. The van der Waals surface area contributed by atoms with Gasteiger partial charge in [0.15, 0.2) is 0 Å². The van der Waals surface area contributed by atoms with E-state index < -0.39 is 6.16 Å². The Balaban J connectivity index is 1.36. The van der Waals surface area contributed by atoms with Crippen LogP contribution in [0, 0.1) is 5.92 Å². The average molecular weight is 540 g/mol.